The lowest BCUT2D eigenvalue weighted by Gasteiger charge is -2.26. The molecule has 0 saturated carbocycles. The summed E-state index contributed by atoms with van der Waals surface area (Å²) in [4.78, 5) is 25.8. The summed E-state index contributed by atoms with van der Waals surface area (Å²) in [7, 11) is -3.65. The minimum Gasteiger partial charge on any atom is -0.379 e. The standard InChI is InChI=1S/C25H25N3O5S/c1-18-5-4-6-20(17-18)26-25(30)22-7-2-3-8-23(22)27-24(29)19-9-11-21(12-10-19)34(31,32)28-13-15-33-16-14-28/h2-12,17H,13-16H2,1H3,(H,26,30)(H,27,29). The number of rotatable bonds is 6. The zero-order chi connectivity index (χ0) is 24.1. The van der Waals surface area contributed by atoms with Gasteiger partial charge in [-0.05, 0) is 61.0 Å². The summed E-state index contributed by atoms with van der Waals surface area (Å²) >= 11 is 0. The van der Waals surface area contributed by atoms with Crippen LogP contribution in [0.5, 0.6) is 0 Å². The lowest BCUT2D eigenvalue weighted by atomic mass is 10.1. The van der Waals surface area contributed by atoms with E-state index in [1.165, 1.54) is 28.6 Å². The third-order valence-electron chi connectivity index (χ3n) is 5.42. The molecule has 1 aliphatic rings. The Morgan fingerprint density at radius 2 is 1.56 bits per heavy atom. The number of aryl methyl sites for hydroxylation is 1. The van der Waals surface area contributed by atoms with Gasteiger partial charge in [-0.25, -0.2) is 8.42 Å². The van der Waals surface area contributed by atoms with Gasteiger partial charge in [0.2, 0.25) is 10.0 Å². The Hall–Kier alpha value is -3.53. The second-order valence-corrected chi connectivity index (χ2v) is 9.80. The van der Waals surface area contributed by atoms with E-state index in [9.17, 15) is 18.0 Å². The largest absolute Gasteiger partial charge is 0.379 e. The Morgan fingerprint density at radius 3 is 2.26 bits per heavy atom. The molecule has 1 fully saturated rings. The summed E-state index contributed by atoms with van der Waals surface area (Å²) in [6.07, 6.45) is 0. The molecule has 4 rings (SSSR count). The number of nitrogens with one attached hydrogen (secondary N) is 2. The molecular weight excluding hydrogens is 454 g/mol. The molecule has 176 valence electrons. The number of amides is 2. The van der Waals surface area contributed by atoms with Crippen LogP contribution in [0.3, 0.4) is 0 Å². The quantitative estimate of drug-likeness (QED) is 0.563. The van der Waals surface area contributed by atoms with E-state index in [4.69, 9.17) is 4.74 Å². The van der Waals surface area contributed by atoms with E-state index in [0.717, 1.165) is 5.56 Å². The van der Waals surface area contributed by atoms with E-state index in [2.05, 4.69) is 10.6 Å². The van der Waals surface area contributed by atoms with Crippen LogP contribution >= 0.6 is 0 Å². The molecular formula is C25H25N3O5S. The van der Waals surface area contributed by atoms with E-state index in [1.54, 1.807) is 30.3 Å². The number of anilines is 2. The SMILES string of the molecule is Cc1cccc(NC(=O)c2ccccc2NC(=O)c2ccc(S(=O)(=O)N3CCOCC3)cc2)c1. The van der Waals surface area contributed by atoms with Gasteiger partial charge in [-0.15, -0.1) is 0 Å². The van der Waals surface area contributed by atoms with E-state index >= 15 is 0 Å². The number of sulfonamides is 1. The van der Waals surface area contributed by atoms with Gasteiger partial charge < -0.3 is 15.4 Å². The van der Waals surface area contributed by atoms with Gasteiger partial charge in [0.1, 0.15) is 0 Å². The molecule has 0 spiro atoms. The van der Waals surface area contributed by atoms with Crippen molar-refractivity contribution < 1.29 is 22.7 Å². The van der Waals surface area contributed by atoms with Crippen LogP contribution in [0, 0.1) is 6.92 Å². The van der Waals surface area contributed by atoms with Crippen LogP contribution in [0.2, 0.25) is 0 Å². The van der Waals surface area contributed by atoms with E-state index in [-0.39, 0.29) is 16.4 Å². The van der Waals surface area contributed by atoms with E-state index < -0.39 is 15.9 Å². The first-order valence-corrected chi connectivity index (χ1v) is 12.2. The van der Waals surface area contributed by atoms with Crippen LogP contribution in [0.25, 0.3) is 0 Å². The zero-order valence-corrected chi connectivity index (χ0v) is 19.5. The molecule has 34 heavy (non-hydrogen) atoms. The van der Waals surface area contributed by atoms with Crippen molar-refractivity contribution in [1.29, 1.82) is 0 Å². The van der Waals surface area contributed by atoms with E-state index in [0.29, 0.717) is 43.2 Å². The van der Waals surface area contributed by atoms with Crippen molar-refractivity contribution in [3.05, 3.63) is 89.5 Å². The fourth-order valence-corrected chi connectivity index (χ4v) is 5.03. The van der Waals surface area contributed by atoms with Gasteiger partial charge in [-0.2, -0.15) is 4.31 Å². The summed E-state index contributed by atoms with van der Waals surface area (Å²) in [5.74, 6) is -0.806. The highest BCUT2D eigenvalue weighted by atomic mass is 32.2. The van der Waals surface area contributed by atoms with Gasteiger partial charge in [-0.3, -0.25) is 9.59 Å². The van der Waals surface area contributed by atoms with Gasteiger partial charge in [0.25, 0.3) is 11.8 Å². The Labute approximate surface area is 198 Å². The highest BCUT2D eigenvalue weighted by Crippen LogP contribution is 2.21. The number of para-hydroxylation sites is 1. The van der Waals surface area contributed by atoms with Crippen LogP contribution in [0.4, 0.5) is 11.4 Å². The molecule has 0 atom stereocenters. The summed E-state index contributed by atoms with van der Waals surface area (Å²) in [5.41, 5.74) is 2.60. The second kappa shape index (κ2) is 10.2. The topological polar surface area (TPSA) is 105 Å². The third kappa shape index (κ3) is 5.33. The highest BCUT2D eigenvalue weighted by Gasteiger charge is 2.26. The zero-order valence-electron chi connectivity index (χ0n) is 18.7. The van der Waals surface area contributed by atoms with Crippen LogP contribution in [-0.2, 0) is 14.8 Å². The lowest BCUT2D eigenvalue weighted by molar-refractivity contribution is 0.0730. The van der Waals surface area contributed by atoms with Gasteiger partial charge in [0.05, 0.1) is 29.4 Å². The van der Waals surface area contributed by atoms with E-state index in [1.807, 2.05) is 25.1 Å². The molecule has 1 aliphatic heterocycles. The van der Waals surface area contributed by atoms with Crippen molar-refractivity contribution in [2.24, 2.45) is 0 Å². The van der Waals surface area contributed by atoms with Crippen molar-refractivity contribution in [3.8, 4) is 0 Å². The maximum Gasteiger partial charge on any atom is 0.257 e. The molecule has 9 heteroatoms. The Bertz CT molecular complexity index is 1300. The Balaban J connectivity index is 1.48. The molecule has 1 heterocycles. The minimum absolute atomic E-state index is 0.115. The molecule has 0 aliphatic carbocycles. The average Bonchev–Trinajstić information content (AvgIpc) is 2.85. The first-order valence-electron chi connectivity index (χ1n) is 10.8. The Morgan fingerprint density at radius 1 is 0.853 bits per heavy atom. The summed E-state index contributed by atoms with van der Waals surface area (Å²) in [5, 5.41) is 5.59. The van der Waals surface area contributed by atoms with Gasteiger partial charge >= 0.3 is 0 Å². The van der Waals surface area contributed by atoms with Crippen LogP contribution < -0.4 is 10.6 Å². The molecule has 0 radical (unpaired) electrons. The van der Waals surface area contributed by atoms with Crippen molar-refractivity contribution in [2.75, 3.05) is 36.9 Å². The molecule has 8 nitrogen and oxygen atoms in total. The van der Waals surface area contributed by atoms with Crippen LogP contribution in [0.15, 0.2) is 77.7 Å². The van der Waals surface area contributed by atoms with Crippen LogP contribution in [-0.4, -0.2) is 50.8 Å². The van der Waals surface area contributed by atoms with Crippen molar-refractivity contribution in [3.63, 3.8) is 0 Å². The third-order valence-corrected chi connectivity index (χ3v) is 7.33. The number of hydrogen-bond donors (Lipinski definition) is 2. The number of ether oxygens (including phenoxy) is 1. The van der Waals surface area contributed by atoms with Gasteiger partial charge in [0, 0.05) is 24.3 Å². The smallest absolute Gasteiger partial charge is 0.257 e. The summed E-state index contributed by atoms with van der Waals surface area (Å²) < 4.78 is 32.1. The highest BCUT2D eigenvalue weighted by molar-refractivity contribution is 7.89. The number of hydrogen-bond acceptors (Lipinski definition) is 5. The Kier molecular flexibility index (Phi) is 7.06. The lowest BCUT2D eigenvalue weighted by Crippen LogP contribution is -2.40. The predicted octanol–water partition coefficient (Wildman–Crippen LogP) is 3.52. The number of benzene rings is 3. The maximum absolute atomic E-state index is 12.8. The first kappa shape index (κ1) is 23.6. The molecule has 3 aromatic rings. The monoisotopic (exact) mass is 479 g/mol. The molecule has 1 saturated heterocycles. The maximum atomic E-state index is 12.8. The van der Waals surface area contributed by atoms with Crippen LogP contribution in [0.1, 0.15) is 26.3 Å². The summed E-state index contributed by atoms with van der Waals surface area (Å²) in [6.45, 7) is 3.24. The van der Waals surface area contributed by atoms with Crippen molar-refractivity contribution >= 4 is 33.2 Å². The minimum atomic E-state index is -3.65. The number of nitrogens with zero attached hydrogens (tertiary/aromatic N) is 1. The molecule has 0 unspecified atom stereocenters. The first-order chi connectivity index (χ1) is 16.3. The number of carbonyl (C=O) groups excluding carboxylic acids is 2. The summed E-state index contributed by atoms with van der Waals surface area (Å²) in [6, 6.07) is 19.9. The average molecular weight is 480 g/mol. The van der Waals surface area contributed by atoms with Crippen molar-refractivity contribution in [2.45, 2.75) is 11.8 Å². The number of morpholine rings is 1. The molecule has 2 N–H and O–H groups in total. The van der Waals surface area contributed by atoms with Crippen molar-refractivity contribution in [1.82, 2.24) is 4.31 Å². The molecule has 0 aromatic heterocycles. The predicted molar refractivity (Wildman–Crippen MR) is 130 cm³/mol. The van der Waals surface area contributed by atoms with Gasteiger partial charge in [-0.1, -0.05) is 24.3 Å². The van der Waals surface area contributed by atoms with Gasteiger partial charge in [0.15, 0.2) is 0 Å². The normalized spacial score (nSPS) is 14.4. The fourth-order valence-electron chi connectivity index (χ4n) is 3.62. The molecule has 0 bridgehead atoms. The fraction of sp³-hybridized carbons (Fsp3) is 0.200. The molecule has 3 aromatic carbocycles. The second-order valence-electron chi connectivity index (χ2n) is 7.86. The molecule has 2 amide bonds. The number of carbonyl (C=O) groups is 2.